The molecule has 0 saturated carbocycles. The molecule has 1 aromatic carbocycles. The average molecular weight is 325 g/mol. The summed E-state index contributed by atoms with van der Waals surface area (Å²) < 4.78 is 26.9. The summed E-state index contributed by atoms with van der Waals surface area (Å²) in [4.78, 5) is 0. The second-order valence-electron chi connectivity index (χ2n) is 2.82. The third kappa shape index (κ3) is 1.58. The van der Waals surface area contributed by atoms with E-state index in [-0.39, 0.29) is 5.56 Å². The fourth-order valence-corrected chi connectivity index (χ4v) is 2.90. The number of thiophene rings is 1. The first-order valence-corrected chi connectivity index (χ1v) is 5.74. The molecule has 0 unspecified atom stereocenters. The molecule has 1 heterocycles. The number of anilines is 1. The van der Waals surface area contributed by atoms with E-state index in [1.165, 1.54) is 11.3 Å². The van der Waals surface area contributed by atoms with Crippen LogP contribution in [0.1, 0.15) is 12.0 Å². The van der Waals surface area contributed by atoms with Crippen LogP contribution in [0.3, 0.4) is 0 Å². The normalized spacial score (nSPS) is 11.4. The van der Waals surface area contributed by atoms with E-state index < -0.39 is 6.43 Å². The van der Waals surface area contributed by atoms with Gasteiger partial charge >= 0.3 is 0 Å². The van der Waals surface area contributed by atoms with Crippen LogP contribution in [0.5, 0.6) is 0 Å². The molecule has 1 nitrogen and oxygen atoms in total. The van der Waals surface area contributed by atoms with Crippen LogP contribution >= 0.6 is 33.9 Å². The van der Waals surface area contributed by atoms with Gasteiger partial charge in [-0.15, -0.1) is 11.3 Å². The van der Waals surface area contributed by atoms with Crippen molar-refractivity contribution in [1.29, 1.82) is 0 Å². The minimum atomic E-state index is -2.44. The molecule has 0 amide bonds. The van der Waals surface area contributed by atoms with E-state index in [2.05, 4.69) is 0 Å². The van der Waals surface area contributed by atoms with E-state index in [1.54, 1.807) is 12.1 Å². The molecule has 74 valence electrons. The molecule has 0 fully saturated rings. The highest BCUT2D eigenvalue weighted by molar-refractivity contribution is 14.1. The number of rotatable bonds is 1. The highest BCUT2D eigenvalue weighted by Crippen LogP contribution is 2.37. The molecule has 2 rings (SSSR count). The van der Waals surface area contributed by atoms with Crippen LogP contribution in [0, 0.1) is 3.57 Å². The summed E-state index contributed by atoms with van der Waals surface area (Å²) in [6, 6.07) is 5.13. The molecule has 0 aliphatic heterocycles. The number of hydrogen-bond acceptors (Lipinski definition) is 2. The van der Waals surface area contributed by atoms with Crippen molar-refractivity contribution in [3.05, 3.63) is 27.3 Å². The maximum absolute atomic E-state index is 12.7. The SMILES string of the molecule is Nc1cc2c(C(F)F)c(I)ccc2s1. The summed E-state index contributed by atoms with van der Waals surface area (Å²) in [5, 5.41) is 1.15. The van der Waals surface area contributed by atoms with Gasteiger partial charge in [0.25, 0.3) is 6.43 Å². The second-order valence-corrected chi connectivity index (χ2v) is 5.10. The number of fused-ring (bicyclic) bond motifs is 1. The summed E-state index contributed by atoms with van der Waals surface area (Å²) >= 11 is 3.25. The van der Waals surface area contributed by atoms with Gasteiger partial charge in [-0.3, -0.25) is 0 Å². The van der Waals surface area contributed by atoms with Crippen LogP contribution in [0.2, 0.25) is 0 Å². The first-order chi connectivity index (χ1) is 6.59. The first-order valence-electron chi connectivity index (χ1n) is 3.85. The minimum Gasteiger partial charge on any atom is -0.391 e. The van der Waals surface area contributed by atoms with Gasteiger partial charge in [0.1, 0.15) is 0 Å². The summed E-state index contributed by atoms with van der Waals surface area (Å²) in [6.45, 7) is 0. The maximum Gasteiger partial charge on any atom is 0.265 e. The summed E-state index contributed by atoms with van der Waals surface area (Å²) in [7, 11) is 0. The molecular formula is C9H6F2INS. The zero-order valence-corrected chi connectivity index (χ0v) is 9.90. The molecule has 0 radical (unpaired) electrons. The van der Waals surface area contributed by atoms with Crippen molar-refractivity contribution in [3.8, 4) is 0 Å². The van der Waals surface area contributed by atoms with E-state index in [4.69, 9.17) is 5.73 Å². The molecule has 5 heteroatoms. The van der Waals surface area contributed by atoms with Gasteiger partial charge in [0.05, 0.1) is 5.00 Å². The molecule has 0 saturated heterocycles. The Bertz CT molecular complexity index is 481. The van der Waals surface area contributed by atoms with Crippen LogP contribution in [0.15, 0.2) is 18.2 Å². The Morgan fingerprint density at radius 3 is 2.71 bits per heavy atom. The molecule has 0 spiro atoms. The van der Waals surface area contributed by atoms with Gasteiger partial charge in [-0.1, -0.05) is 0 Å². The lowest BCUT2D eigenvalue weighted by Crippen LogP contribution is -1.89. The van der Waals surface area contributed by atoms with Gasteiger partial charge in [0, 0.05) is 19.2 Å². The van der Waals surface area contributed by atoms with E-state index in [9.17, 15) is 8.78 Å². The predicted octanol–water partition coefficient (Wildman–Crippen LogP) is 4.03. The Morgan fingerprint density at radius 2 is 2.07 bits per heavy atom. The van der Waals surface area contributed by atoms with Crippen molar-refractivity contribution in [1.82, 2.24) is 0 Å². The topological polar surface area (TPSA) is 26.0 Å². The maximum atomic E-state index is 12.7. The van der Waals surface area contributed by atoms with Crippen LogP contribution < -0.4 is 5.73 Å². The van der Waals surface area contributed by atoms with Gasteiger partial charge in [-0.25, -0.2) is 8.78 Å². The highest BCUT2D eigenvalue weighted by Gasteiger charge is 2.16. The van der Waals surface area contributed by atoms with E-state index in [1.807, 2.05) is 28.7 Å². The lowest BCUT2D eigenvalue weighted by Gasteiger charge is -2.04. The summed E-state index contributed by atoms with van der Waals surface area (Å²) in [5.74, 6) is 0. The van der Waals surface area contributed by atoms with E-state index in [0.717, 1.165) is 4.70 Å². The Morgan fingerprint density at radius 1 is 1.36 bits per heavy atom. The molecule has 0 atom stereocenters. The summed E-state index contributed by atoms with van der Waals surface area (Å²) in [6.07, 6.45) is -2.44. The van der Waals surface area contributed by atoms with E-state index >= 15 is 0 Å². The molecule has 0 aliphatic carbocycles. The van der Waals surface area contributed by atoms with Crippen molar-refractivity contribution in [3.63, 3.8) is 0 Å². The van der Waals surface area contributed by atoms with Crippen LogP contribution in [0.25, 0.3) is 10.1 Å². The zero-order valence-electron chi connectivity index (χ0n) is 6.93. The molecule has 0 aliphatic rings. The van der Waals surface area contributed by atoms with Crippen molar-refractivity contribution in [2.24, 2.45) is 0 Å². The Labute approximate surface area is 97.1 Å². The van der Waals surface area contributed by atoms with Crippen LogP contribution in [0.4, 0.5) is 13.8 Å². The third-order valence-corrected chi connectivity index (χ3v) is 3.80. The van der Waals surface area contributed by atoms with Crippen molar-refractivity contribution < 1.29 is 8.78 Å². The van der Waals surface area contributed by atoms with Crippen LogP contribution in [-0.2, 0) is 0 Å². The van der Waals surface area contributed by atoms with E-state index in [0.29, 0.717) is 14.0 Å². The number of halogens is 3. The standard InChI is InChI=1S/C9H6F2INS/c10-9(11)8-4-3-7(13)14-6(4)2-1-5(8)12/h1-3,9H,13H2. The Kier molecular flexibility index (Phi) is 2.61. The van der Waals surface area contributed by atoms with Crippen molar-refractivity contribution in [2.45, 2.75) is 6.43 Å². The lowest BCUT2D eigenvalue weighted by atomic mass is 10.1. The second kappa shape index (κ2) is 3.62. The summed E-state index contributed by atoms with van der Waals surface area (Å²) in [5.41, 5.74) is 5.67. The molecular weight excluding hydrogens is 319 g/mol. The third-order valence-electron chi connectivity index (χ3n) is 1.93. The quantitative estimate of drug-likeness (QED) is 0.787. The van der Waals surface area contributed by atoms with Gasteiger partial charge in [-0.05, 0) is 40.8 Å². The molecule has 14 heavy (non-hydrogen) atoms. The largest absolute Gasteiger partial charge is 0.391 e. The predicted molar refractivity (Wildman–Crippen MR) is 63.9 cm³/mol. The Hall–Kier alpha value is -0.430. The smallest absolute Gasteiger partial charge is 0.265 e. The van der Waals surface area contributed by atoms with Gasteiger partial charge < -0.3 is 5.73 Å². The van der Waals surface area contributed by atoms with Crippen molar-refractivity contribution in [2.75, 3.05) is 5.73 Å². The Balaban J connectivity index is 2.82. The fourth-order valence-electron chi connectivity index (χ4n) is 1.35. The molecule has 2 N–H and O–H groups in total. The fraction of sp³-hybridized carbons (Fsp3) is 0.111. The lowest BCUT2D eigenvalue weighted by molar-refractivity contribution is 0.152. The highest BCUT2D eigenvalue weighted by atomic mass is 127. The number of benzene rings is 1. The molecule has 2 aromatic rings. The molecule has 1 aromatic heterocycles. The van der Waals surface area contributed by atoms with Crippen LogP contribution in [-0.4, -0.2) is 0 Å². The van der Waals surface area contributed by atoms with Crippen molar-refractivity contribution >= 4 is 49.0 Å². The van der Waals surface area contributed by atoms with Gasteiger partial charge in [0.15, 0.2) is 0 Å². The minimum absolute atomic E-state index is 0.0936. The number of alkyl halides is 2. The number of nitrogens with two attached hydrogens (primary N) is 1. The average Bonchev–Trinajstić information content (AvgIpc) is 2.43. The number of nitrogen functional groups attached to an aromatic ring is 1. The van der Waals surface area contributed by atoms with Gasteiger partial charge in [-0.2, -0.15) is 0 Å². The first kappa shape index (κ1) is 10.1. The van der Waals surface area contributed by atoms with Gasteiger partial charge in [0.2, 0.25) is 0 Å². The number of hydrogen-bond donors (Lipinski definition) is 1. The molecule has 0 bridgehead atoms. The monoisotopic (exact) mass is 325 g/mol. The zero-order chi connectivity index (χ0) is 10.3.